The molecule has 0 bridgehead atoms. The van der Waals surface area contributed by atoms with Crippen molar-refractivity contribution in [2.24, 2.45) is 0 Å². The van der Waals surface area contributed by atoms with Gasteiger partial charge in [0.05, 0.1) is 72.0 Å². The smallest absolute Gasteiger partial charge is 0.250 e. The van der Waals surface area contributed by atoms with Gasteiger partial charge in [0, 0.05) is 24.6 Å². The number of carbonyl (C=O) groups is 3. The van der Waals surface area contributed by atoms with Crippen LogP contribution >= 0.6 is 11.6 Å². The third-order valence-corrected chi connectivity index (χ3v) is 6.34. The van der Waals surface area contributed by atoms with Crippen LogP contribution < -0.4 is 10.6 Å². The highest BCUT2D eigenvalue weighted by Crippen LogP contribution is 2.26. The Hall–Kier alpha value is -2.12. The lowest BCUT2D eigenvalue weighted by molar-refractivity contribution is -0.134. The lowest BCUT2D eigenvalue weighted by atomic mass is 9.90. The third-order valence-electron chi connectivity index (χ3n) is 6.08. The number of carbonyl (C=O) groups excluding carboxylic acids is 3. The van der Waals surface area contributed by atoms with Gasteiger partial charge in [-0.2, -0.15) is 0 Å². The van der Waals surface area contributed by atoms with E-state index in [1.807, 2.05) is 6.07 Å². The molecule has 1 heterocycles. The van der Waals surface area contributed by atoms with Gasteiger partial charge in [0.1, 0.15) is 6.61 Å². The number of rotatable bonds is 25. The van der Waals surface area contributed by atoms with Crippen molar-refractivity contribution in [3.8, 4) is 0 Å². The second-order valence-electron chi connectivity index (χ2n) is 9.39. The molecule has 0 saturated carbocycles. The van der Waals surface area contributed by atoms with Crippen molar-refractivity contribution in [1.82, 2.24) is 5.32 Å². The van der Waals surface area contributed by atoms with Crippen molar-refractivity contribution in [1.29, 1.82) is 0 Å². The Balaban J connectivity index is 1.34. The number of ether oxygens (including phenoxy) is 6. The summed E-state index contributed by atoms with van der Waals surface area (Å²) in [6.45, 7) is 5.25. The van der Waals surface area contributed by atoms with Gasteiger partial charge in [-0.05, 0) is 37.0 Å². The van der Waals surface area contributed by atoms with Crippen LogP contribution in [-0.2, 0) is 42.8 Å². The van der Waals surface area contributed by atoms with E-state index in [0.717, 1.165) is 43.7 Å². The fraction of sp³-hybridized carbons (Fsp3) is 0.690. The highest BCUT2D eigenvalue weighted by atomic mass is 35.5. The summed E-state index contributed by atoms with van der Waals surface area (Å²) in [6, 6.07) is 7.05. The molecule has 1 aliphatic rings. The van der Waals surface area contributed by atoms with E-state index >= 15 is 0 Å². The van der Waals surface area contributed by atoms with Crippen molar-refractivity contribution in [3.63, 3.8) is 0 Å². The van der Waals surface area contributed by atoms with Crippen LogP contribution in [0.4, 0.5) is 5.69 Å². The maximum Gasteiger partial charge on any atom is 0.250 e. The summed E-state index contributed by atoms with van der Waals surface area (Å²) >= 11 is 5.64. The number of hydrogen-bond donors (Lipinski definition) is 2. The van der Waals surface area contributed by atoms with E-state index in [1.165, 1.54) is 0 Å². The molecule has 1 atom stereocenters. The molecule has 3 amide bonds. The predicted molar refractivity (Wildman–Crippen MR) is 154 cm³/mol. The number of alkyl halides is 1. The molecular weight excluding hydrogens is 556 g/mol. The zero-order valence-electron chi connectivity index (χ0n) is 23.9. The second-order valence-corrected chi connectivity index (χ2v) is 9.77. The molecule has 11 nitrogen and oxygen atoms in total. The lowest BCUT2D eigenvalue weighted by Gasteiger charge is -2.21. The normalized spacial score (nSPS) is 15.2. The van der Waals surface area contributed by atoms with Gasteiger partial charge in [0.2, 0.25) is 17.7 Å². The number of imide groups is 1. The van der Waals surface area contributed by atoms with E-state index in [4.69, 9.17) is 40.0 Å². The number of nitrogens with one attached hydrogen (secondary N) is 2. The first-order chi connectivity index (χ1) is 20.1. The number of anilines is 1. The lowest BCUT2D eigenvalue weighted by Crippen LogP contribution is -2.39. The SMILES string of the molecule is O=C1CCC(c2cccc(NC(=O)COCCOCCOCCOCCOCCOCCCCCCCl)c2)C(=O)N1. The molecule has 232 valence electrons. The Morgan fingerprint density at radius 3 is 1.93 bits per heavy atom. The van der Waals surface area contributed by atoms with Crippen molar-refractivity contribution >= 4 is 35.0 Å². The van der Waals surface area contributed by atoms with Crippen molar-refractivity contribution in [3.05, 3.63) is 29.8 Å². The third kappa shape index (κ3) is 17.4. The average molecular weight is 601 g/mol. The molecule has 0 aromatic heterocycles. The molecule has 1 saturated heterocycles. The van der Waals surface area contributed by atoms with Crippen molar-refractivity contribution in [2.45, 2.75) is 44.4 Å². The van der Waals surface area contributed by atoms with Crippen LogP contribution in [0.25, 0.3) is 0 Å². The molecule has 1 aliphatic heterocycles. The number of amides is 3. The van der Waals surface area contributed by atoms with Gasteiger partial charge in [-0.25, -0.2) is 0 Å². The van der Waals surface area contributed by atoms with Gasteiger partial charge in [0.25, 0.3) is 0 Å². The molecule has 0 spiro atoms. The van der Waals surface area contributed by atoms with Crippen LogP contribution in [0.1, 0.15) is 50.0 Å². The Morgan fingerprint density at radius 1 is 0.780 bits per heavy atom. The molecule has 0 aliphatic carbocycles. The maximum atomic E-state index is 12.2. The predicted octanol–water partition coefficient (Wildman–Crippen LogP) is 3.04. The minimum Gasteiger partial charge on any atom is -0.379 e. The standard InChI is InChI=1S/C29H45ClN2O9/c30-10-3-1-2-4-11-36-12-13-37-14-15-38-16-17-39-18-19-40-20-21-41-23-28(34)31-25-7-5-6-24(22-25)26-8-9-27(33)32-29(26)35/h5-7,22,26H,1-4,8-21,23H2,(H,31,34)(H,32,33,35). The average Bonchev–Trinajstić information content (AvgIpc) is 2.96. The van der Waals surface area contributed by atoms with Crippen molar-refractivity contribution < 1.29 is 42.8 Å². The second kappa shape index (κ2) is 23.4. The van der Waals surface area contributed by atoms with E-state index in [1.54, 1.807) is 18.2 Å². The zero-order valence-corrected chi connectivity index (χ0v) is 24.6. The van der Waals surface area contributed by atoms with Gasteiger partial charge < -0.3 is 33.7 Å². The monoisotopic (exact) mass is 600 g/mol. The minimum atomic E-state index is -0.406. The first-order valence-corrected chi connectivity index (χ1v) is 14.9. The summed E-state index contributed by atoms with van der Waals surface area (Å²) in [5, 5.41) is 5.11. The fourth-order valence-electron chi connectivity index (χ4n) is 3.96. The van der Waals surface area contributed by atoms with E-state index in [2.05, 4.69) is 10.6 Å². The number of halogens is 1. The molecular formula is C29H45ClN2O9. The van der Waals surface area contributed by atoms with Gasteiger partial charge in [-0.3, -0.25) is 19.7 Å². The number of hydrogen-bond acceptors (Lipinski definition) is 9. The molecule has 1 fully saturated rings. The Bertz CT molecular complexity index is 874. The molecule has 41 heavy (non-hydrogen) atoms. The highest BCUT2D eigenvalue weighted by Gasteiger charge is 2.28. The summed E-state index contributed by atoms with van der Waals surface area (Å²) in [5.41, 5.74) is 1.32. The first-order valence-electron chi connectivity index (χ1n) is 14.4. The van der Waals surface area contributed by atoms with Gasteiger partial charge in [-0.1, -0.05) is 25.0 Å². The maximum absolute atomic E-state index is 12.2. The Kier molecular flexibility index (Phi) is 20.1. The summed E-state index contributed by atoms with van der Waals surface area (Å²) in [6.07, 6.45) is 5.19. The number of piperidine rings is 1. The van der Waals surface area contributed by atoms with E-state index in [-0.39, 0.29) is 30.9 Å². The fourth-order valence-corrected chi connectivity index (χ4v) is 4.15. The van der Waals surface area contributed by atoms with Crippen LogP contribution in [0.2, 0.25) is 0 Å². The van der Waals surface area contributed by atoms with Gasteiger partial charge >= 0.3 is 0 Å². The van der Waals surface area contributed by atoms with Crippen LogP contribution in [-0.4, -0.2) is 103 Å². The highest BCUT2D eigenvalue weighted by molar-refractivity contribution is 6.17. The molecule has 1 unspecified atom stereocenters. The molecule has 0 radical (unpaired) electrons. The van der Waals surface area contributed by atoms with Crippen LogP contribution in [0.3, 0.4) is 0 Å². The summed E-state index contributed by atoms with van der Waals surface area (Å²) in [4.78, 5) is 35.6. The van der Waals surface area contributed by atoms with Crippen LogP contribution in [0.5, 0.6) is 0 Å². The quantitative estimate of drug-likeness (QED) is 0.0987. The van der Waals surface area contributed by atoms with Crippen molar-refractivity contribution in [2.75, 3.05) is 90.5 Å². The van der Waals surface area contributed by atoms with Gasteiger partial charge in [0.15, 0.2) is 0 Å². The van der Waals surface area contributed by atoms with Crippen LogP contribution in [0.15, 0.2) is 24.3 Å². The Labute approximate surface area is 247 Å². The minimum absolute atomic E-state index is 0.119. The Morgan fingerprint density at radius 2 is 1.34 bits per heavy atom. The topological polar surface area (TPSA) is 131 Å². The summed E-state index contributed by atoms with van der Waals surface area (Å²) in [7, 11) is 0. The zero-order chi connectivity index (χ0) is 29.4. The van der Waals surface area contributed by atoms with Gasteiger partial charge in [-0.15, -0.1) is 11.6 Å². The van der Waals surface area contributed by atoms with E-state index < -0.39 is 5.92 Å². The largest absolute Gasteiger partial charge is 0.379 e. The van der Waals surface area contributed by atoms with E-state index in [9.17, 15) is 14.4 Å². The summed E-state index contributed by atoms with van der Waals surface area (Å²) < 4.78 is 32.7. The first kappa shape index (κ1) is 35.1. The molecule has 2 N–H and O–H groups in total. The van der Waals surface area contributed by atoms with E-state index in [0.29, 0.717) is 78.0 Å². The molecule has 1 aromatic carbocycles. The molecule has 12 heteroatoms. The van der Waals surface area contributed by atoms with Crippen LogP contribution in [0, 0.1) is 0 Å². The summed E-state index contributed by atoms with van der Waals surface area (Å²) in [5.74, 6) is -0.557. The number of unbranched alkanes of at least 4 members (excludes halogenated alkanes) is 3. The molecule has 1 aromatic rings. The number of benzene rings is 1. The molecule has 2 rings (SSSR count).